The molecule has 37 heavy (non-hydrogen) atoms. The number of halogens is 2. The molecular weight excluding hydrogens is 525 g/mol. The number of rotatable bonds is 9. The van der Waals surface area contributed by atoms with E-state index in [2.05, 4.69) is 27.3 Å². The second-order valence-electron chi connectivity index (χ2n) is 8.96. The van der Waals surface area contributed by atoms with Crippen LogP contribution in [0.1, 0.15) is 45.0 Å². The average Bonchev–Trinajstić information content (AvgIpc) is 3.58. The van der Waals surface area contributed by atoms with Gasteiger partial charge >= 0.3 is 0 Å². The zero-order valence-electron chi connectivity index (χ0n) is 20.4. The number of amides is 1. The summed E-state index contributed by atoms with van der Waals surface area (Å²) < 4.78 is 6.07. The van der Waals surface area contributed by atoms with Gasteiger partial charge in [-0.1, -0.05) is 54.1 Å². The second kappa shape index (κ2) is 13.1. The van der Waals surface area contributed by atoms with Crippen molar-refractivity contribution < 1.29 is 9.53 Å². The number of carbonyl (C=O) groups is 1. The first-order valence-corrected chi connectivity index (χ1v) is 13.4. The summed E-state index contributed by atoms with van der Waals surface area (Å²) >= 11 is 7.72. The molecule has 0 atom stereocenters. The molecule has 192 valence electrons. The molecule has 4 aromatic rings. The van der Waals surface area contributed by atoms with E-state index in [4.69, 9.17) is 16.3 Å². The highest BCUT2D eigenvalue weighted by molar-refractivity contribution is 7.09. The van der Waals surface area contributed by atoms with Gasteiger partial charge in [-0.2, -0.15) is 0 Å². The first-order chi connectivity index (χ1) is 17.6. The molecule has 0 unspecified atom stereocenters. The van der Waals surface area contributed by atoms with Crippen LogP contribution in [0, 0.1) is 0 Å². The van der Waals surface area contributed by atoms with Crippen LogP contribution in [0.25, 0.3) is 0 Å². The smallest absolute Gasteiger partial charge is 0.275 e. The summed E-state index contributed by atoms with van der Waals surface area (Å²) in [6, 6.07) is 23.7. The van der Waals surface area contributed by atoms with E-state index in [9.17, 15) is 4.79 Å². The van der Waals surface area contributed by atoms with Gasteiger partial charge in [0, 0.05) is 34.6 Å². The first-order valence-electron chi connectivity index (χ1n) is 12.1. The molecule has 0 spiro atoms. The molecule has 1 aromatic heterocycles. The van der Waals surface area contributed by atoms with Gasteiger partial charge in [0.15, 0.2) is 0 Å². The number of hydrogen-bond acceptors (Lipinski definition) is 5. The second-order valence-corrected chi connectivity index (χ2v) is 10.3. The number of likely N-dealkylation sites (tertiary alicyclic amines) is 1. The van der Waals surface area contributed by atoms with Crippen molar-refractivity contribution in [2.45, 2.75) is 32.4 Å². The van der Waals surface area contributed by atoms with Gasteiger partial charge in [0.25, 0.3) is 5.91 Å². The predicted molar refractivity (Wildman–Crippen MR) is 153 cm³/mol. The Hall–Kier alpha value is -2.90. The molecule has 2 heterocycles. The van der Waals surface area contributed by atoms with E-state index in [1.165, 1.54) is 42.8 Å². The van der Waals surface area contributed by atoms with E-state index in [1.807, 2.05) is 60.7 Å². The molecule has 1 aliphatic rings. The lowest BCUT2D eigenvalue weighted by Crippen LogP contribution is -2.18. The predicted octanol–water partition coefficient (Wildman–Crippen LogP) is 7.24. The Morgan fingerprint density at radius 3 is 2.51 bits per heavy atom. The van der Waals surface area contributed by atoms with E-state index in [0.29, 0.717) is 23.7 Å². The minimum absolute atomic E-state index is 0. The number of ether oxygens (including phenoxy) is 1. The molecule has 5 nitrogen and oxygen atoms in total. The van der Waals surface area contributed by atoms with Crippen LogP contribution in [0.3, 0.4) is 0 Å². The molecule has 1 fully saturated rings. The number of nitrogens with zero attached hydrogens (tertiary/aromatic N) is 2. The zero-order chi connectivity index (χ0) is 24.7. The Kier molecular flexibility index (Phi) is 9.58. The fraction of sp³-hybridized carbons (Fsp3) is 0.241. The van der Waals surface area contributed by atoms with Gasteiger partial charge in [-0.25, -0.2) is 4.98 Å². The number of carbonyl (C=O) groups excluding carboxylic acids is 1. The first kappa shape index (κ1) is 27.1. The van der Waals surface area contributed by atoms with Crippen LogP contribution in [0.5, 0.6) is 5.75 Å². The van der Waals surface area contributed by atoms with Gasteiger partial charge in [0.05, 0.1) is 5.01 Å². The maximum absolute atomic E-state index is 12.8. The molecule has 1 N–H and O–H groups in total. The normalized spacial score (nSPS) is 13.2. The van der Waals surface area contributed by atoms with Gasteiger partial charge in [0.2, 0.25) is 0 Å². The standard InChI is InChI=1S/C29H28ClN3O2S.ClH/c30-24-10-13-27(35-19-22-6-2-1-3-7-22)23(16-24)17-28-32-26(20-36-28)29(34)31-25-11-8-21(9-12-25)18-33-14-4-5-15-33;/h1-3,6-13,16,20H,4-5,14-15,17-19H2,(H,31,34);1H. The van der Waals surface area contributed by atoms with Gasteiger partial charge in [-0.05, 0) is 67.4 Å². The van der Waals surface area contributed by atoms with Crippen molar-refractivity contribution in [3.8, 4) is 5.75 Å². The third-order valence-corrected chi connectivity index (χ3v) is 7.29. The monoisotopic (exact) mass is 553 g/mol. The summed E-state index contributed by atoms with van der Waals surface area (Å²) in [6.07, 6.45) is 3.10. The van der Waals surface area contributed by atoms with Crippen LogP contribution in [0.2, 0.25) is 5.02 Å². The fourth-order valence-corrected chi connectivity index (χ4v) is 5.30. The van der Waals surface area contributed by atoms with Crippen LogP contribution >= 0.6 is 35.3 Å². The summed E-state index contributed by atoms with van der Waals surface area (Å²) in [4.78, 5) is 19.8. The summed E-state index contributed by atoms with van der Waals surface area (Å²) in [6.45, 7) is 3.77. The van der Waals surface area contributed by atoms with E-state index < -0.39 is 0 Å². The number of aromatic nitrogens is 1. The Morgan fingerprint density at radius 2 is 1.76 bits per heavy atom. The minimum atomic E-state index is -0.212. The molecule has 0 saturated carbocycles. The van der Waals surface area contributed by atoms with E-state index in [1.54, 1.807) is 5.38 Å². The quantitative estimate of drug-likeness (QED) is 0.237. The lowest BCUT2D eigenvalue weighted by molar-refractivity contribution is 0.102. The van der Waals surface area contributed by atoms with Gasteiger partial charge in [0.1, 0.15) is 18.1 Å². The van der Waals surface area contributed by atoms with Crippen molar-refractivity contribution in [2.24, 2.45) is 0 Å². The number of nitrogens with one attached hydrogen (secondary N) is 1. The van der Waals surface area contributed by atoms with Crippen LogP contribution < -0.4 is 10.1 Å². The largest absolute Gasteiger partial charge is 0.489 e. The number of benzene rings is 3. The maximum Gasteiger partial charge on any atom is 0.275 e. The third-order valence-electron chi connectivity index (χ3n) is 6.20. The van der Waals surface area contributed by atoms with Crippen molar-refractivity contribution in [3.05, 3.63) is 111 Å². The third kappa shape index (κ3) is 7.55. The zero-order valence-corrected chi connectivity index (χ0v) is 22.7. The molecule has 0 aliphatic carbocycles. The van der Waals surface area contributed by atoms with E-state index >= 15 is 0 Å². The number of anilines is 1. The molecule has 0 bridgehead atoms. The molecule has 1 amide bonds. The lowest BCUT2D eigenvalue weighted by Gasteiger charge is -2.14. The Morgan fingerprint density at radius 1 is 1.00 bits per heavy atom. The SMILES string of the molecule is Cl.O=C(Nc1ccc(CN2CCCC2)cc1)c1csc(Cc2cc(Cl)ccc2OCc2ccccc2)n1. The molecule has 5 rings (SSSR count). The fourth-order valence-electron chi connectivity index (χ4n) is 4.31. The van der Waals surface area contributed by atoms with Crippen molar-refractivity contribution in [2.75, 3.05) is 18.4 Å². The molecule has 3 aromatic carbocycles. The Labute approximate surface area is 232 Å². The highest BCUT2D eigenvalue weighted by Crippen LogP contribution is 2.27. The number of thiazole rings is 1. The Bertz CT molecular complexity index is 1310. The molecule has 0 radical (unpaired) electrons. The summed E-state index contributed by atoms with van der Waals surface area (Å²) in [5.74, 6) is 0.551. The minimum Gasteiger partial charge on any atom is -0.489 e. The van der Waals surface area contributed by atoms with Crippen molar-refractivity contribution >= 4 is 46.9 Å². The highest BCUT2D eigenvalue weighted by atomic mass is 35.5. The maximum atomic E-state index is 12.8. The van der Waals surface area contributed by atoms with E-state index in [-0.39, 0.29) is 18.3 Å². The van der Waals surface area contributed by atoms with Crippen molar-refractivity contribution in [3.63, 3.8) is 0 Å². The van der Waals surface area contributed by atoms with Gasteiger partial charge < -0.3 is 10.1 Å². The van der Waals surface area contributed by atoms with Gasteiger partial charge in [-0.3, -0.25) is 9.69 Å². The van der Waals surface area contributed by atoms with Crippen LogP contribution in [-0.2, 0) is 19.6 Å². The van der Waals surface area contributed by atoms with Gasteiger partial charge in [-0.15, -0.1) is 23.7 Å². The van der Waals surface area contributed by atoms with Crippen molar-refractivity contribution in [1.29, 1.82) is 0 Å². The van der Waals surface area contributed by atoms with E-state index in [0.717, 1.165) is 34.1 Å². The molecule has 1 aliphatic heterocycles. The highest BCUT2D eigenvalue weighted by Gasteiger charge is 2.15. The molecular formula is C29H29Cl2N3O2S. The average molecular weight is 555 g/mol. The summed E-state index contributed by atoms with van der Waals surface area (Å²) in [5, 5.41) is 6.22. The number of hydrogen-bond donors (Lipinski definition) is 1. The summed E-state index contributed by atoms with van der Waals surface area (Å²) in [7, 11) is 0. The summed E-state index contributed by atoms with van der Waals surface area (Å²) in [5.41, 5.74) is 4.47. The lowest BCUT2D eigenvalue weighted by atomic mass is 10.1. The Balaban J connectivity index is 0.00000320. The topological polar surface area (TPSA) is 54.5 Å². The molecule has 1 saturated heterocycles. The van der Waals surface area contributed by atoms with Crippen LogP contribution in [-0.4, -0.2) is 28.9 Å². The van der Waals surface area contributed by atoms with Crippen molar-refractivity contribution in [1.82, 2.24) is 9.88 Å². The van der Waals surface area contributed by atoms with Crippen LogP contribution in [0.15, 0.2) is 78.2 Å². The molecule has 8 heteroatoms. The van der Waals surface area contributed by atoms with Crippen LogP contribution in [0.4, 0.5) is 5.69 Å².